The molecule has 2 N–H and O–H groups in total. The Morgan fingerprint density at radius 1 is 1.26 bits per heavy atom. The summed E-state index contributed by atoms with van der Waals surface area (Å²) in [5.74, 6) is -0.886. The fraction of sp³-hybridized carbons (Fsp3) is 0.500. The van der Waals surface area contributed by atoms with Crippen LogP contribution in [0.2, 0.25) is 0 Å². The summed E-state index contributed by atoms with van der Waals surface area (Å²) in [5, 5.41) is 0. The second-order valence-corrected chi connectivity index (χ2v) is 4.97. The number of hydrogen-bond donors (Lipinski definition) is 1. The van der Waals surface area contributed by atoms with Crippen LogP contribution in [0.15, 0.2) is 24.3 Å². The molecule has 0 aliphatic rings. The van der Waals surface area contributed by atoms with Crippen LogP contribution >= 0.6 is 0 Å². The number of hydrogen-bond acceptors (Lipinski definition) is 2. The zero-order valence-electron chi connectivity index (χ0n) is 11.0. The molecule has 1 unspecified atom stereocenters. The zero-order chi connectivity index (χ0) is 14.6. The van der Waals surface area contributed by atoms with Gasteiger partial charge in [-0.2, -0.15) is 13.2 Å². The van der Waals surface area contributed by atoms with Crippen molar-refractivity contribution in [3.05, 3.63) is 35.4 Å². The first-order valence-corrected chi connectivity index (χ1v) is 6.17. The average Bonchev–Trinajstić information content (AvgIpc) is 2.34. The van der Waals surface area contributed by atoms with E-state index in [2.05, 4.69) is 0 Å². The van der Waals surface area contributed by atoms with Crippen molar-refractivity contribution >= 4 is 5.78 Å². The van der Waals surface area contributed by atoms with Crippen molar-refractivity contribution < 1.29 is 18.0 Å². The van der Waals surface area contributed by atoms with E-state index < -0.39 is 23.4 Å². The molecule has 1 aromatic rings. The monoisotopic (exact) mass is 273 g/mol. The molecule has 0 bridgehead atoms. The van der Waals surface area contributed by atoms with Gasteiger partial charge in [0.25, 0.3) is 0 Å². The lowest BCUT2D eigenvalue weighted by Crippen LogP contribution is -2.27. The Kier molecular flexibility index (Phi) is 5.11. The number of benzene rings is 1. The second kappa shape index (κ2) is 6.19. The van der Waals surface area contributed by atoms with E-state index in [4.69, 9.17) is 5.73 Å². The van der Waals surface area contributed by atoms with E-state index in [1.165, 1.54) is 18.2 Å². The van der Waals surface area contributed by atoms with Gasteiger partial charge in [-0.1, -0.05) is 32.0 Å². The first-order valence-electron chi connectivity index (χ1n) is 6.17. The van der Waals surface area contributed by atoms with E-state index in [9.17, 15) is 18.0 Å². The van der Waals surface area contributed by atoms with Gasteiger partial charge in [0.05, 0.1) is 5.56 Å². The zero-order valence-corrected chi connectivity index (χ0v) is 11.0. The maximum absolute atomic E-state index is 12.9. The molecular formula is C14H18F3NO. The Morgan fingerprint density at radius 3 is 2.32 bits per heavy atom. The maximum atomic E-state index is 12.9. The first kappa shape index (κ1) is 15.7. The molecule has 0 radical (unpaired) electrons. The molecule has 106 valence electrons. The number of carbonyl (C=O) groups excluding carboxylic acids is 1. The predicted molar refractivity (Wildman–Crippen MR) is 67.8 cm³/mol. The van der Waals surface area contributed by atoms with E-state index in [1.54, 1.807) is 0 Å². The molecule has 0 aliphatic heterocycles. The van der Waals surface area contributed by atoms with E-state index in [1.807, 2.05) is 13.8 Å². The summed E-state index contributed by atoms with van der Waals surface area (Å²) in [6.07, 6.45) is -4.04. The highest BCUT2D eigenvalue weighted by molar-refractivity contribution is 5.99. The second-order valence-electron chi connectivity index (χ2n) is 4.97. The quantitative estimate of drug-likeness (QED) is 0.834. The van der Waals surface area contributed by atoms with Gasteiger partial charge in [-0.25, -0.2) is 0 Å². The molecular weight excluding hydrogens is 255 g/mol. The van der Waals surface area contributed by atoms with Gasteiger partial charge < -0.3 is 5.73 Å². The lowest BCUT2D eigenvalue weighted by Gasteiger charge is -2.18. The smallest absolute Gasteiger partial charge is 0.330 e. The Bertz CT molecular complexity index is 441. The number of rotatable bonds is 5. The highest BCUT2D eigenvalue weighted by Gasteiger charge is 2.36. The summed E-state index contributed by atoms with van der Waals surface area (Å²) < 4.78 is 38.6. The molecule has 1 rings (SSSR count). The standard InChI is InChI=1S/C14H18F3NO/c1-9(2)7-10(8-18)13(19)11-5-3-4-6-12(11)14(15,16)17/h3-6,9-10H,7-8,18H2,1-2H3. The minimum absolute atomic E-state index is 0.0587. The molecule has 0 saturated heterocycles. The van der Waals surface area contributed by atoms with Crippen LogP contribution in [0, 0.1) is 11.8 Å². The topological polar surface area (TPSA) is 43.1 Å². The van der Waals surface area contributed by atoms with Gasteiger partial charge in [-0.05, 0) is 18.4 Å². The molecule has 0 fully saturated rings. The molecule has 0 aromatic heterocycles. The van der Waals surface area contributed by atoms with Crippen LogP contribution in [0.4, 0.5) is 13.2 Å². The normalized spacial score (nSPS) is 13.6. The van der Waals surface area contributed by atoms with Gasteiger partial charge in [-0.15, -0.1) is 0 Å². The Morgan fingerprint density at radius 2 is 1.84 bits per heavy atom. The van der Waals surface area contributed by atoms with Crippen molar-refractivity contribution in [3.63, 3.8) is 0 Å². The van der Waals surface area contributed by atoms with Gasteiger partial charge in [0.1, 0.15) is 0 Å². The van der Waals surface area contributed by atoms with Gasteiger partial charge in [0.2, 0.25) is 0 Å². The minimum Gasteiger partial charge on any atom is -0.330 e. The lowest BCUT2D eigenvalue weighted by molar-refractivity contribution is -0.137. The average molecular weight is 273 g/mol. The number of nitrogens with two attached hydrogens (primary N) is 1. The summed E-state index contributed by atoms with van der Waals surface area (Å²) in [5.41, 5.74) is 4.34. The minimum atomic E-state index is -4.52. The van der Waals surface area contributed by atoms with Crippen LogP contribution in [0.25, 0.3) is 0 Å². The molecule has 5 heteroatoms. The Labute approximate surface area is 110 Å². The summed E-state index contributed by atoms with van der Waals surface area (Å²) in [7, 11) is 0. The molecule has 0 heterocycles. The van der Waals surface area contributed by atoms with Crippen molar-refractivity contribution in [1.82, 2.24) is 0 Å². The van der Waals surface area contributed by atoms with Crippen molar-refractivity contribution in [2.45, 2.75) is 26.4 Å². The Balaban J connectivity index is 3.12. The summed E-state index contributed by atoms with van der Waals surface area (Å²) in [6.45, 7) is 3.88. The molecule has 1 aromatic carbocycles. The van der Waals surface area contributed by atoms with Crippen LogP contribution in [-0.2, 0) is 6.18 Å². The molecule has 0 saturated carbocycles. The third-order valence-electron chi connectivity index (χ3n) is 2.91. The Hall–Kier alpha value is -1.36. The number of ketones is 1. The fourth-order valence-electron chi connectivity index (χ4n) is 2.04. The number of halogens is 3. The maximum Gasteiger partial charge on any atom is 0.417 e. The largest absolute Gasteiger partial charge is 0.417 e. The van der Waals surface area contributed by atoms with Crippen LogP contribution in [0.1, 0.15) is 36.2 Å². The lowest BCUT2D eigenvalue weighted by atomic mass is 9.88. The molecule has 1 atom stereocenters. The molecule has 2 nitrogen and oxygen atoms in total. The van der Waals surface area contributed by atoms with Crippen molar-refractivity contribution in [2.75, 3.05) is 6.54 Å². The van der Waals surface area contributed by atoms with Crippen LogP contribution < -0.4 is 5.73 Å². The van der Waals surface area contributed by atoms with Crippen LogP contribution in [0.5, 0.6) is 0 Å². The number of Topliss-reactive ketones (excluding diaryl/α,β-unsaturated/α-hetero) is 1. The third kappa shape index (κ3) is 4.06. The summed E-state index contributed by atoms with van der Waals surface area (Å²) in [6, 6.07) is 4.86. The van der Waals surface area contributed by atoms with Gasteiger partial charge in [0, 0.05) is 18.0 Å². The van der Waals surface area contributed by atoms with Crippen LogP contribution in [0.3, 0.4) is 0 Å². The van der Waals surface area contributed by atoms with E-state index >= 15 is 0 Å². The number of carbonyl (C=O) groups is 1. The van der Waals surface area contributed by atoms with Crippen molar-refractivity contribution in [1.29, 1.82) is 0 Å². The first-order chi connectivity index (χ1) is 8.77. The summed E-state index contributed by atoms with van der Waals surface area (Å²) >= 11 is 0. The van der Waals surface area contributed by atoms with Crippen molar-refractivity contribution in [2.24, 2.45) is 17.6 Å². The van der Waals surface area contributed by atoms with Gasteiger partial charge in [-0.3, -0.25) is 4.79 Å². The van der Waals surface area contributed by atoms with E-state index in [-0.39, 0.29) is 18.0 Å². The predicted octanol–water partition coefficient (Wildman–Crippen LogP) is 3.51. The van der Waals surface area contributed by atoms with Gasteiger partial charge >= 0.3 is 6.18 Å². The highest BCUT2D eigenvalue weighted by Crippen LogP contribution is 2.33. The summed E-state index contributed by atoms with van der Waals surface area (Å²) in [4.78, 5) is 12.2. The van der Waals surface area contributed by atoms with Gasteiger partial charge in [0.15, 0.2) is 5.78 Å². The van der Waals surface area contributed by atoms with Crippen LogP contribution in [-0.4, -0.2) is 12.3 Å². The molecule has 0 aliphatic carbocycles. The highest BCUT2D eigenvalue weighted by atomic mass is 19.4. The number of alkyl halides is 3. The van der Waals surface area contributed by atoms with E-state index in [0.29, 0.717) is 6.42 Å². The SMILES string of the molecule is CC(C)CC(CN)C(=O)c1ccccc1C(F)(F)F. The van der Waals surface area contributed by atoms with E-state index in [0.717, 1.165) is 6.07 Å². The molecule has 0 spiro atoms. The third-order valence-corrected chi connectivity index (χ3v) is 2.91. The fourth-order valence-corrected chi connectivity index (χ4v) is 2.04. The molecule has 19 heavy (non-hydrogen) atoms. The molecule has 0 amide bonds. The van der Waals surface area contributed by atoms with Crippen molar-refractivity contribution in [3.8, 4) is 0 Å².